The molecule has 22 heavy (non-hydrogen) atoms. The zero-order valence-corrected chi connectivity index (χ0v) is 12.5. The van der Waals surface area contributed by atoms with Crippen molar-refractivity contribution in [1.29, 1.82) is 5.26 Å². The van der Waals surface area contributed by atoms with Gasteiger partial charge in [0.15, 0.2) is 11.9 Å². The number of hydrogen-bond acceptors (Lipinski definition) is 5. The molecule has 3 rings (SSSR count). The second kappa shape index (κ2) is 6.16. The second-order valence-electron chi connectivity index (χ2n) is 5.23. The zero-order chi connectivity index (χ0) is 15.5. The second-order valence-corrected chi connectivity index (χ2v) is 5.23. The third-order valence-electron chi connectivity index (χ3n) is 3.93. The third-order valence-corrected chi connectivity index (χ3v) is 3.93. The van der Waals surface area contributed by atoms with E-state index in [1.807, 2.05) is 24.3 Å². The van der Waals surface area contributed by atoms with Crippen molar-refractivity contribution in [2.75, 3.05) is 26.3 Å². The molecule has 6 nitrogen and oxygen atoms in total. The maximum absolute atomic E-state index is 12.2. The first-order chi connectivity index (χ1) is 10.8. The summed E-state index contributed by atoms with van der Waals surface area (Å²) in [6.45, 7) is 4.54. The molecule has 1 atom stereocenters. The van der Waals surface area contributed by atoms with Gasteiger partial charge in [-0.2, -0.15) is 5.26 Å². The number of amidine groups is 1. The van der Waals surface area contributed by atoms with Crippen molar-refractivity contribution in [2.45, 2.75) is 19.4 Å². The van der Waals surface area contributed by atoms with Crippen molar-refractivity contribution in [2.24, 2.45) is 5.10 Å². The van der Waals surface area contributed by atoms with Gasteiger partial charge in [-0.3, -0.25) is 4.79 Å². The van der Waals surface area contributed by atoms with Crippen LogP contribution < -0.4 is 0 Å². The number of morpholine rings is 1. The molecule has 0 radical (unpaired) electrons. The van der Waals surface area contributed by atoms with Gasteiger partial charge >= 0.3 is 0 Å². The molecule has 0 bridgehead atoms. The molecule has 2 aliphatic rings. The first kappa shape index (κ1) is 14.5. The van der Waals surface area contributed by atoms with Crippen molar-refractivity contribution in [3.8, 4) is 6.07 Å². The monoisotopic (exact) mass is 298 g/mol. The lowest BCUT2D eigenvalue weighted by molar-refractivity contribution is -0.132. The minimum absolute atomic E-state index is 0.146. The first-order valence-corrected chi connectivity index (χ1v) is 7.48. The lowest BCUT2D eigenvalue weighted by atomic mass is 9.97. The Bertz CT molecular complexity index is 644. The van der Waals surface area contributed by atoms with Crippen molar-refractivity contribution < 1.29 is 9.53 Å². The minimum atomic E-state index is -0.659. The number of hydrazone groups is 1. The highest BCUT2D eigenvalue weighted by Gasteiger charge is 2.34. The number of hydrogen-bond donors (Lipinski definition) is 0. The molecule has 6 heteroatoms. The predicted molar refractivity (Wildman–Crippen MR) is 80.9 cm³/mol. The van der Waals surface area contributed by atoms with E-state index in [9.17, 15) is 10.1 Å². The van der Waals surface area contributed by atoms with E-state index in [0.717, 1.165) is 30.1 Å². The van der Waals surface area contributed by atoms with Crippen LogP contribution in [0.1, 0.15) is 30.5 Å². The Morgan fingerprint density at radius 1 is 1.41 bits per heavy atom. The Morgan fingerprint density at radius 2 is 2.14 bits per heavy atom. The summed E-state index contributed by atoms with van der Waals surface area (Å²) in [6, 6.07) is 9.22. The van der Waals surface area contributed by atoms with Gasteiger partial charge in [0, 0.05) is 30.6 Å². The van der Waals surface area contributed by atoms with E-state index in [4.69, 9.17) is 4.74 Å². The molecule has 1 amide bonds. The Hall–Kier alpha value is -2.39. The molecule has 0 saturated carbocycles. The van der Waals surface area contributed by atoms with Gasteiger partial charge in [-0.1, -0.05) is 31.2 Å². The van der Waals surface area contributed by atoms with Gasteiger partial charge in [-0.05, 0) is 0 Å². The number of carbonyl (C=O) groups is 1. The van der Waals surface area contributed by atoms with Gasteiger partial charge in [-0.25, -0.2) is 5.01 Å². The molecule has 1 aromatic rings. The Balaban J connectivity index is 2.07. The fraction of sp³-hybridized carbons (Fsp3) is 0.438. The summed E-state index contributed by atoms with van der Waals surface area (Å²) in [7, 11) is 0. The molecule has 1 aromatic carbocycles. The van der Waals surface area contributed by atoms with Gasteiger partial charge < -0.3 is 9.64 Å². The summed E-state index contributed by atoms with van der Waals surface area (Å²) in [5.41, 5.74) is 1.76. The van der Waals surface area contributed by atoms with Crippen LogP contribution in [0.5, 0.6) is 0 Å². The molecule has 0 aliphatic carbocycles. The van der Waals surface area contributed by atoms with Crippen molar-refractivity contribution in [1.82, 2.24) is 9.91 Å². The third kappa shape index (κ3) is 2.44. The molecular formula is C16H18N4O2. The lowest BCUT2D eigenvalue weighted by Gasteiger charge is -2.36. The fourth-order valence-corrected chi connectivity index (χ4v) is 2.78. The average Bonchev–Trinajstić information content (AvgIpc) is 2.60. The van der Waals surface area contributed by atoms with E-state index in [2.05, 4.69) is 16.1 Å². The standard InChI is InChI=1S/C16H18N4O2/c1-2-15(21)20-14(11-17)12-5-3-4-6-13(12)16(18-20)19-7-9-22-10-8-19/h3-6,14H,2,7-10H2,1H3. The number of ether oxygens (including phenoxy) is 1. The van der Waals surface area contributed by atoms with Crippen LogP contribution in [0.15, 0.2) is 29.4 Å². The van der Waals surface area contributed by atoms with Crippen molar-refractivity contribution in [3.05, 3.63) is 35.4 Å². The number of amides is 1. The van der Waals surface area contributed by atoms with Gasteiger partial charge in [0.1, 0.15) is 0 Å². The molecule has 1 saturated heterocycles. The molecule has 2 heterocycles. The number of fused-ring (bicyclic) bond motifs is 1. The SMILES string of the molecule is CCC(=O)N1N=C(N2CCOCC2)c2ccccc2C1C#N. The highest BCUT2D eigenvalue weighted by Crippen LogP contribution is 2.31. The van der Waals surface area contributed by atoms with E-state index < -0.39 is 6.04 Å². The number of nitrogens with zero attached hydrogens (tertiary/aromatic N) is 4. The lowest BCUT2D eigenvalue weighted by Crippen LogP contribution is -2.46. The average molecular weight is 298 g/mol. The first-order valence-electron chi connectivity index (χ1n) is 7.48. The molecule has 0 spiro atoms. The molecule has 1 fully saturated rings. The topological polar surface area (TPSA) is 68.9 Å². The van der Waals surface area contributed by atoms with Crippen LogP contribution in [0.3, 0.4) is 0 Å². The molecule has 0 aromatic heterocycles. The number of carbonyl (C=O) groups excluding carboxylic acids is 1. The summed E-state index contributed by atoms with van der Waals surface area (Å²) < 4.78 is 5.39. The Labute approximate surface area is 129 Å². The summed E-state index contributed by atoms with van der Waals surface area (Å²) in [5, 5.41) is 15.3. The van der Waals surface area contributed by atoms with Gasteiger partial charge in [0.2, 0.25) is 5.91 Å². The maximum atomic E-state index is 12.2. The summed E-state index contributed by atoms with van der Waals surface area (Å²) >= 11 is 0. The number of rotatable bonds is 1. The number of benzene rings is 1. The number of nitriles is 1. The van der Waals surface area contributed by atoms with Crippen LogP contribution in [0.25, 0.3) is 0 Å². The molecular weight excluding hydrogens is 280 g/mol. The maximum Gasteiger partial charge on any atom is 0.244 e. The van der Waals surface area contributed by atoms with Crippen LogP contribution in [0, 0.1) is 11.3 Å². The largest absolute Gasteiger partial charge is 0.378 e. The minimum Gasteiger partial charge on any atom is -0.378 e. The molecule has 2 aliphatic heterocycles. The van der Waals surface area contributed by atoms with E-state index in [1.54, 1.807) is 6.92 Å². The van der Waals surface area contributed by atoms with E-state index in [1.165, 1.54) is 5.01 Å². The summed E-state index contributed by atoms with van der Waals surface area (Å²) in [5.74, 6) is 0.610. The molecule has 1 unspecified atom stereocenters. The van der Waals surface area contributed by atoms with Crippen LogP contribution >= 0.6 is 0 Å². The summed E-state index contributed by atoms with van der Waals surface area (Å²) in [4.78, 5) is 14.3. The molecule has 114 valence electrons. The van der Waals surface area contributed by atoms with Crippen LogP contribution in [-0.4, -0.2) is 48.0 Å². The van der Waals surface area contributed by atoms with Crippen LogP contribution in [-0.2, 0) is 9.53 Å². The molecule has 0 N–H and O–H groups in total. The normalized spacial score (nSPS) is 20.9. The Morgan fingerprint density at radius 3 is 2.82 bits per heavy atom. The van der Waals surface area contributed by atoms with Crippen molar-refractivity contribution in [3.63, 3.8) is 0 Å². The Kier molecular flexibility index (Phi) is 4.07. The predicted octanol–water partition coefficient (Wildman–Crippen LogP) is 1.50. The quantitative estimate of drug-likeness (QED) is 0.788. The fourth-order valence-electron chi connectivity index (χ4n) is 2.78. The van der Waals surface area contributed by atoms with E-state index in [-0.39, 0.29) is 5.91 Å². The highest BCUT2D eigenvalue weighted by molar-refractivity contribution is 6.02. The van der Waals surface area contributed by atoms with Gasteiger partial charge in [0.05, 0.1) is 19.3 Å². The van der Waals surface area contributed by atoms with Crippen LogP contribution in [0.2, 0.25) is 0 Å². The highest BCUT2D eigenvalue weighted by atomic mass is 16.5. The van der Waals surface area contributed by atoms with Crippen molar-refractivity contribution >= 4 is 11.7 Å². The van der Waals surface area contributed by atoms with E-state index >= 15 is 0 Å². The van der Waals surface area contributed by atoms with Gasteiger partial charge in [-0.15, -0.1) is 5.10 Å². The van der Waals surface area contributed by atoms with E-state index in [0.29, 0.717) is 19.6 Å². The smallest absolute Gasteiger partial charge is 0.244 e. The summed E-state index contributed by atoms with van der Waals surface area (Å²) in [6.07, 6.45) is 0.320. The zero-order valence-electron chi connectivity index (χ0n) is 12.5. The van der Waals surface area contributed by atoms with Crippen LogP contribution in [0.4, 0.5) is 0 Å². The van der Waals surface area contributed by atoms with Gasteiger partial charge in [0.25, 0.3) is 0 Å².